The fraction of sp³-hybridized carbons (Fsp3) is 0.176. The summed E-state index contributed by atoms with van der Waals surface area (Å²) in [5, 5.41) is 8.32. The predicted molar refractivity (Wildman–Crippen MR) is 87.9 cm³/mol. The van der Waals surface area contributed by atoms with Crippen LogP contribution < -0.4 is 5.73 Å². The third-order valence-corrected chi connectivity index (χ3v) is 4.12. The Morgan fingerprint density at radius 3 is 2.55 bits per heavy atom. The van der Waals surface area contributed by atoms with Crippen molar-refractivity contribution in [3.63, 3.8) is 0 Å². The molecule has 2 N–H and O–H groups in total. The second kappa shape index (κ2) is 4.59. The summed E-state index contributed by atoms with van der Waals surface area (Å²) >= 11 is 0. The van der Waals surface area contributed by atoms with Crippen molar-refractivity contribution in [1.29, 1.82) is 0 Å². The molecule has 0 bridgehead atoms. The van der Waals surface area contributed by atoms with Crippen LogP contribution in [0.4, 0.5) is 5.69 Å². The first-order chi connectivity index (χ1) is 10.6. The van der Waals surface area contributed by atoms with E-state index in [0.717, 1.165) is 29.0 Å². The normalized spacial score (nSPS) is 11.5. The van der Waals surface area contributed by atoms with Crippen molar-refractivity contribution >= 4 is 22.4 Å². The SMILES string of the molecule is Cc1cc2c(cc(N)c3nnc(C)n32)n1Cc1ccccc1. The topological polar surface area (TPSA) is 61.1 Å². The van der Waals surface area contributed by atoms with Gasteiger partial charge >= 0.3 is 0 Å². The quantitative estimate of drug-likeness (QED) is 0.617. The van der Waals surface area contributed by atoms with Crippen LogP contribution in [0.5, 0.6) is 0 Å². The number of aromatic nitrogens is 4. The Bertz CT molecular complexity index is 979. The number of rotatable bonds is 2. The molecular formula is C17H17N5. The molecule has 0 unspecified atom stereocenters. The van der Waals surface area contributed by atoms with Crippen LogP contribution in [-0.4, -0.2) is 19.2 Å². The molecule has 0 aliphatic carbocycles. The van der Waals surface area contributed by atoms with Crippen LogP contribution in [0.25, 0.3) is 16.7 Å². The number of hydrogen-bond donors (Lipinski definition) is 1. The molecule has 0 atom stereocenters. The molecule has 0 saturated carbocycles. The van der Waals surface area contributed by atoms with Gasteiger partial charge in [0, 0.05) is 12.2 Å². The summed E-state index contributed by atoms with van der Waals surface area (Å²) in [6.07, 6.45) is 0. The van der Waals surface area contributed by atoms with Gasteiger partial charge in [-0.2, -0.15) is 0 Å². The monoisotopic (exact) mass is 291 g/mol. The van der Waals surface area contributed by atoms with E-state index in [1.165, 1.54) is 11.3 Å². The lowest BCUT2D eigenvalue weighted by atomic mass is 10.2. The first-order valence-electron chi connectivity index (χ1n) is 7.29. The van der Waals surface area contributed by atoms with Crippen molar-refractivity contribution in [3.05, 3.63) is 59.5 Å². The molecule has 4 rings (SSSR count). The van der Waals surface area contributed by atoms with E-state index in [9.17, 15) is 0 Å². The van der Waals surface area contributed by atoms with Gasteiger partial charge in [-0.05, 0) is 31.5 Å². The summed E-state index contributed by atoms with van der Waals surface area (Å²) in [5.41, 5.74) is 12.2. The van der Waals surface area contributed by atoms with E-state index in [2.05, 4.69) is 52.0 Å². The standard InChI is InChI=1S/C17H17N5/c1-11-8-16-15(21(11)10-13-6-4-3-5-7-13)9-14(18)17-20-19-12(2)22(16)17/h3-9H,10,18H2,1-2H3. The Labute approximate surface area is 128 Å². The van der Waals surface area contributed by atoms with Crippen LogP contribution in [0.2, 0.25) is 0 Å². The lowest BCUT2D eigenvalue weighted by molar-refractivity contribution is 0.805. The molecule has 0 saturated heterocycles. The highest BCUT2D eigenvalue weighted by Gasteiger charge is 2.14. The zero-order valence-electron chi connectivity index (χ0n) is 12.6. The van der Waals surface area contributed by atoms with E-state index < -0.39 is 0 Å². The number of hydrogen-bond acceptors (Lipinski definition) is 3. The Hall–Kier alpha value is -2.82. The van der Waals surface area contributed by atoms with Crippen molar-refractivity contribution in [3.8, 4) is 0 Å². The Morgan fingerprint density at radius 2 is 1.77 bits per heavy atom. The lowest BCUT2D eigenvalue weighted by Crippen LogP contribution is -2.03. The fourth-order valence-electron chi connectivity index (χ4n) is 3.03. The molecule has 0 spiro atoms. The van der Waals surface area contributed by atoms with E-state index in [1.807, 2.05) is 23.5 Å². The minimum Gasteiger partial charge on any atom is -0.396 e. The van der Waals surface area contributed by atoms with E-state index in [4.69, 9.17) is 5.73 Å². The largest absolute Gasteiger partial charge is 0.396 e. The van der Waals surface area contributed by atoms with Crippen molar-refractivity contribution in [2.24, 2.45) is 0 Å². The Kier molecular flexibility index (Phi) is 2.69. The molecule has 4 aromatic rings. The third kappa shape index (κ3) is 1.79. The number of nitrogen functional groups attached to an aromatic ring is 1. The molecule has 0 aliphatic rings. The van der Waals surface area contributed by atoms with Gasteiger partial charge in [-0.3, -0.25) is 4.40 Å². The molecule has 0 aliphatic heterocycles. The highest BCUT2D eigenvalue weighted by Crippen LogP contribution is 2.26. The molecular weight excluding hydrogens is 274 g/mol. The molecule has 5 heteroatoms. The second-order valence-corrected chi connectivity index (χ2v) is 5.63. The van der Waals surface area contributed by atoms with Gasteiger partial charge in [-0.1, -0.05) is 30.3 Å². The molecule has 5 nitrogen and oxygen atoms in total. The molecule has 0 amide bonds. The van der Waals surface area contributed by atoms with E-state index in [0.29, 0.717) is 5.69 Å². The van der Waals surface area contributed by atoms with Gasteiger partial charge in [0.15, 0.2) is 5.65 Å². The average Bonchev–Trinajstić information content (AvgIpc) is 3.04. The minimum absolute atomic E-state index is 0.653. The van der Waals surface area contributed by atoms with Crippen LogP contribution in [-0.2, 0) is 6.54 Å². The lowest BCUT2D eigenvalue weighted by Gasteiger charge is -2.09. The summed E-state index contributed by atoms with van der Waals surface area (Å²) in [4.78, 5) is 0. The molecule has 3 aromatic heterocycles. The summed E-state index contributed by atoms with van der Waals surface area (Å²) in [6.45, 7) is 4.88. The van der Waals surface area contributed by atoms with E-state index >= 15 is 0 Å². The predicted octanol–water partition coefficient (Wildman–Crippen LogP) is 2.93. The second-order valence-electron chi connectivity index (χ2n) is 5.63. The number of fused-ring (bicyclic) bond motifs is 3. The fourth-order valence-corrected chi connectivity index (χ4v) is 3.03. The first kappa shape index (κ1) is 12.9. The van der Waals surface area contributed by atoms with Crippen molar-refractivity contribution < 1.29 is 0 Å². The first-order valence-corrected chi connectivity index (χ1v) is 7.29. The summed E-state index contributed by atoms with van der Waals surface area (Å²) in [5.74, 6) is 0.851. The van der Waals surface area contributed by atoms with Gasteiger partial charge < -0.3 is 10.3 Å². The number of nitrogens with zero attached hydrogens (tertiary/aromatic N) is 4. The minimum atomic E-state index is 0.653. The zero-order chi connectivity index (χ0) is 15.3. The van der Waals surface area contributed by atoms with Crippen LogP contribution >= 0.6 is 0 Å². The van der Waals surface area contributed by atoms with E-state index in [1.54, 1.807) is 0 Å². The van der Waals surface area contributed by atoms with Crippen molar-refractivity contribution in [2.45, 2.75) is 20.4 Å². The van der Waals surface area contributed by atoms with Gasteiger partial charge in [0.1, 0.15) is 5.82 Å². The number of anilines is 1. The van der Waals surface area contributed by atoms with Gasteiger partial charge in [0.2, 0.25) is 0 Å². The molecule has 0 radical (unpaired) electrons. The maximum Gasteiger partial charge on any atom is 0.184 e. The smallest absolute Gasteiger partial charge is 0.184 e. The van der Waals surface area contributed by atoms with Crippen LogP contribution in [0.1, 0.15) is 17.1 Å². The van der Waals surface area contributed by atoms with Crippen LogP contribution in [0.3, 0.4) is 0 Å². The maximum absolute atomic E-state index is 6.17. The van der Waals surface area contributed by atoms with E-state index in [-0.39, 0.29) is 0 Å². The molecule has 0 fully saturated rings. The number of pyridine rings is 1. The van der Waals surface area contributed by atoms with Crippen LogP contribution in [0.15, 0.2) is 42.5 Å². The van der Waals surface area contributed by atoms with Gasteiger partial charge in [0.05, 0.1) is 16.7 Å². The van der Waals surface area contributed by atoms with Crippen molar-refractivity contribution in [2.75, 3.05) is 5.73 Å². The molecule has 22 heavy (non-hydrogen) atoms. The van der Waals surface area contributed by atoms with Gasteiger partial charge in [0.25, 0.3) is 0 Å². The number of benzene rings is 1. The van der Waals surface area contributed by atoms with Crippen molar-refractivity contribution in [1.82, 2.24) is 19.2 Å². The number of nitrogens with two attached hydrogens (primary N) is 1. The van der Waals surface area contributed by atoms with Gasteiger partial charge in [-0.15, -0.1) is 10.2 Å². The summed E-state index contributed by atoms with van der Waals surface area (Å²) in [7, 11) is 0. The highest BCUT2D eigenvalue weighted by atomic mass is 15.3. The summed E-state index contributed by atoms with van der Waals surface area (Å²) in [6, 6.07) is 14.6. The van der Waals surface area contributed by atoms with Gasteiger partial charge in [-0.25, -0.2) is 0 Å². The summed E-state index contributed by atoms with van der Waals surface area (Å²) < 4.78 is 4.30. The maximum atomic E-state index is 6.17. The highest BCUT2D eigenvalue weighted by molar-refractivity contribution is 5.87. The Balaban J connectivity index is 2.00. The third-order valence-electron chi connectivity index (χ3n) is 4.12. The Morgan fingerprint density at radius 1 is 1.00 bits per heavy atom. The number of aryl methyl sites for hydroxylation is 2. The molecule has 1 aromatic carbocycles. The average molecular weight is 291 g/mol. The zero-order valence-corrected chi connectivity index (χ0v) is 12.6. The molecule has 110 valence electrons. The van der Waals surface area contributed by atoms with Crippen LogP contribution in [0, 0.1) is 13.8 Å². The molecule has 3 heterocycles.